The largest absolute Gasteiger partial charge is 0.275 e. The van der Waals surface area contributed by atoms with E-state index in [1.54, 1.807) is 7.05 Å². The molecule has 0 amide bonds. The van der Waals surface area contributed by atoms with Crippen LogP contribution in [0.3, 0.4) is 0 Å². The molecule has 2 aromatic rings. The van der Waals surface area contributed by atoms with E-state index < -0.39 is 22.2 Å². The van der Waals surface area contributed by atoms with Crippen molar-refractivity contribution in [1.82, 2.24) is 14.8 Å². The lowest BCUT2D eigenvalue weighted by Crippen LogP contribution is -1.97. The number of aryl methyl sites for hydroxylation is 1. The van der Waals surface area contributed by atoms with Crippen LogP contribution in [0.4, 0.5) is 14.5 Å². The van der Waals surface area contributed by atoms with Crippen LogP contribution in [0.1, 0.15) is 0 Å². The first-order chi connectivity index (χ1) is 8.49. The van der Waals surface area contributed by atoms with Crippen molar-refractivity contribution < 1.29 is 13.7 Å². The molecule has 0 fully saturated rings. The van der Waals surface area contributed by atoms with Crippen molar-refractivity contribution in [3.05, 3.63) is 40.2 Å². The number of rotatable bonds is 3. The summed E-state index contributed by atoms with van der Waals surface area (Å²) >= 11 is 0.711. The Morgan fingerprint density at radius 2 is 2.00 bits per heavy atom. The number of non-ortho nitro benzene ring substituents is 1. The van der Waals surface area contributed by atoms with Crippen LogP contribution in [0.2, 0.25) is 0 Å². The Morgan fingerprint density at radius 1 is 1.39 bits per heavy atom. The number of halogens is 2. The summed E-state index contributed by atoms with van der Waals surface area (Å²) in [5, 5.41) is 14.5. The summed E-state index contributed by atoms with van der Waals surface area (Å²) in [5.41, 5.74) is -0.632. The Bertz CT molecular complexity index is 593. The molecule has 0 bridgehead atoms. The molecule has 1 heterocycles. The minimum atomic E-state index is -1.00. The van der Waals surface area contributed by atoms with Gasteiger partial charge in [-0.1, -0.05) is 0 Å². The number of benzene rings is 1. The van der Waals surface area contributed by atoms with Crippen LogP contribution < -0.4 is 0 Å². The number of hydrogen-bond acceptors (Lipinski definition) is 5. The summed E-state index contributed by atoms with van der Waals surface area (Å²) in [6.45, 7) is 0. The number of nitrogens with zero attached hydrogens (tertiary/aromatic N) is 4. The molecule has 0 spiro atoms. The summed E-state index contributed by atoms with van der Waals surface area (Å²) in [4.78, 5) is 13.0. The Labute approximate surface area is 104 Å². The van der Waals surface area contributed by atoms with Gasteiger partial charge < -0.3 is 0 Å². The number of nitro benzene ring substituents is 1. The topological polar surface area (TPSA) is 73.8 Å². The third kappa shape index (κ3) is 2.30. The molecule has 0 aliphatic heterocycles. The Morgan fingerprint density at radius 3 is 2.44 bits per heavy atom. The highest BCUT2D eigenvalue weighted by Crippen LogP contribution is 2.32. The Balaban J connectivity index is 2.40. The number of nitro groups is 1. The lowest BCUT2D eigenvalue weighted by Gasteiger charge is -2.03. The maximum absolute atomic E-state index is 13.6. The highest BCUT2D eigenvalue weighted by molar-refractivity contribution is 7.99. The summed E-state index contributed by atoms with van der Waals surface area (Å²) in [6.07, 6.45) is 1.24. The molecular formula is C9H6F2N4O2S. The third-order valence-electron chi connectivity index (χ3n) is 2.06. The quantitative estimate of drug-likeness (QED) is 0.632. The highest BCUT2D eigenvalue weighted by atomic mass is 32.2. The van der Waals surface area contributed by atoms with E-state index in [2.05, 4.69) is 10.1 Å². The van der Waals surface area contributed by atoms with E-state index >= 15 is 0 Å². The fraction of sp³-hybridized carbons (Fsp3) is 0.111. The second kappa shape index (κ2) is 4.69. The van der Waals surface area contributed by atoms with Crippen LogP contribution in [0.5, 0.6) is 0 Å². The molecule has 0 saturated heterocycles. The average Bonchev–Trinajstić information content (AvgIpc) is 2.69. The molecule has 0 aliphatic carbocycles. The Kier molecular flexibility index (Phi) is 3.24. The van der Waals surface area contributed by atoms with Crippen molar-refractivity contribution in [2.45, 2.75) is 10.1 Å². The fourth-order valence-corrected chi connectivity index (χ4v) is 1.99. The van der Waals surface area contributed by atoms with Gasteiger partial charge in [0, 0.05) is 7.05 Å². The summed E-state index contributed by atoms with van der Waals surface area (Å²) < 4.78 is 28.5. The second-order valence-electron chi connectivity index (χ2n) is 3.26. The average molecular weight is 272 g/mol. The SMILES string of the molecule is Cn1ncnc1Sc1c(F)cc([N+](=O)[O-])cc1F. The van der Waals surface area contributed by atoms with Gasteiger partial charge in [-0.05, 0) is 11.8 Å². The molecule has 0 radical (unpaired) electrons. The number of aromatic nitrogens is 3. The molecule has 18 heavy (non-hydrogen) atoms. The van der Waals surface area contributed by atoms with Gasteiger partial charge in [-0.3, -0.25) is 10.1 Å². The zero-order valence-electron chi connectivity index (χ0n) is 9.00. The van der Waals surface area contributed by atoms with Crippen molar-refractivity contribution in [3.63, 3.8) is 0 Å². The van der Waals surface area contributed by atoms with Crippen molar-refractivity contribution in [3.8, 4) is 0 Å². The first-order valence-corrected chi connectivity index (χ1v) is 5.46. The van der Waals surface area contributed by atoms with Gasteiger partial charge in [0.05, 0.1) is 22.0 Å². The van der Waals surface area contributed by atoms with Gasteiger partial charge in [-0.2, -0.15) is 5.10 Å². The molecule has 0 N–H and O–H groups in total. The summed E-state index contributed by atoms with van der Waals surface area (Å²) in [7, 11) is 1.57. The van der Waals surface area contributed by atoms with E-state index in [0.29, 0.717) is 23.9 Å². The molecule has 0 unspecified atom stereocenters. The van der Waals surface area contributed by atoms with Crippen LogP contribution in [0, 0.1) is 21.7 Å². The molecular weight excluding hydrogens is 266 g/mol. The third-order valence-corrected chi connectivity index (χ3v) is 3.20. The van der Waals surface area contributed by atoms with Crippen LogP contribution >= 0.6 is 11.8 Å². The molecule has 94 valence electrons. The molecule has 0 aliphatic rings. The van der Waals surface area contributed by atoms with Crippen molar-refractivity contribution in [2.24, 2.45) is 7.05 Å². The Hall–Kier alpha value is -2.03. The molecule has 6 nitrogen and oxygen atoms in total. The van der Waals surface area contributed by atoms with Crippen LogP contribution in [-0.2, 0) is 7.05 Å². The molecule has 1 aromatic carbocycles. The van der Waals surface area contributed by atoms with Gasteiger partial charge in [0.25, 0.3) is 5.69 Å². The van der Waals surface area contributed by atoms with E-state index in [-0.39, 0.29) is 10.1 Å². The van der Waals surface area contributed by atoms with E-state index in [1.807, 2.05) is 0 Å². The monoisotopic (exact) mass is 272 g/mol. The van der Waals surface area contributed by atoms with Gasteiger partial charge >= 0.3 is 0 Å². The molecule has 0 saturated carbocycles. The van der Waals surface area contributed by atoms with Gasteiger partial charge in [0.1, 0.15) is 18.0 Å². The lowest BCUT2D eigenvalue weighted by atomic mass is 10.3. The van der Waals surface area contributed by atoms with Crippen LogP contribution in [0.15, 0.2) is 28.5 Å². The van der Waals surface area contributed by atoms with Gasteiger partial charge in [-0.25, -0.2) is 18.4 Å². The van der Waals surface area contributed by atoms with Crippen molar-refractivity contribution in [1.29, 1.82) is 0 Å². The van der Waals surface area contributed by atoms with Gasteiger partial charge in [0.2, 0.25) is 0 Å². The lowest BCUT2D eigenvalue weighted by molar-refractivity contribution is -0.385. The van der Waals surface area contributed by atoms with Crippen LogP contribution in [0.25, 0.3) is 0 Å². The summed E-state index contributed by atoms with van der Waals surface area (Å²) in [6, 6.07) is 1.34. The summed E-state index contributed by atoms with van der Waals surface area (Å²) in [5.74, 6) is -2.01. The van der Waals surface area contributed by atoms with E-state index in [4.69, 9.17) is 0 Å². The normalized spacial score (nSPS) is 10.6. The minimum Gasteiger partial charge on any atom is -0.258 e. The maximum atomic E-state index is 13.6. The maximum Gasteiger partial charge on any atom is 0.275 e. The van der Waals surface area contributed by atoms with Crippen molar-refractivity contribution in [2.75, 3.05) is 0 Å². The predicted molar refractivity (Wildman–Crippen MR) is 58.1 cm³/mol. The first-order valence-electron chi connectivity index (χ1n) is 4.64. The smallest absolute Gasteiger partial charge is 0.258 e. The molecule has 1 aromatic heterocycles. The standard InChI is InChI=1S/C9H6F2N4O2S/c1-14-9(12-4-13-14)18-8-6(10)2-5(15(16)17)3-7(8)11/h2-4H,1H3. The fourth-order valence-electron chi connectivity index (χ4n) is 1.22. The first kappa shape index (κ1) is 12.4. The minimum absolute atomic E-state index is 0.279. The van der Waals surface area contributed by atoms with Crippen molar-refractivity contribution >= 4 is 17.4 Å². The zero-order valence-corrected chi connectivity index (χ0v) is 9.82. The molecule has 2 rings (SSSR count). The predicted octanol–water partition coefficient (Wildman–Crippen LogP) is 2.15. The van der Waals surface area contributed by atoms with E-state index in [9.17, 15) is 18.9 Å². The molecule has 9 heteroatoms. The van der Waals surface area contributed by atoms with Gasteiger partial charge in [-0.15, -0.1) is 0 Å². The zero-order chi connectivity index (χ0) is 13.3. The van der Waals surface area contributed by atoms with Crippen LogP contribution in [-0.4, -0.2) is 19.7 Å². The van der Waals surface area contributed by atoms with Gasteiger partial charge in [0.15, 0.2) is 5.16 Å². The van der Waals surface area contributed by atoms with E-state index in [0.717, 1.165) is 0 Å². The van der Waals surface area contributed by atoms with E-state index in [1.165, 1.54) is 11.0 Å². The highest BCUT2D eigenvalue weighted by Gasteiger charge is 2.19. The molecule has 0 atom stereocenters. The number of hydrogen-bond donors (Lipinski definition) is 0. The second-order valence-corrected chi connectivity index (χ2v) is 4.24.